The number of halogens is 5. The molecule has 0 radical (unpaired) electrons. The number of hydrogen-bond acceptors (Lipinski definition) is 2. The minimum Gasteiger partial charge on any atom is -0.351 e. The summed E-state index contributed by atoms with van der Waals surface area (Å²) in [5.41, 5.74) is -1.04. The summed E-state index contributed by atoms with van der Waals surface area (Å²) in [4.78, 5) is 23.5. The molecule has 2 rings (SSSR count). The predicted molar refractivity (Wildman–Crippen MR) is 83.4 cm³/mol. The van der Waals surface area contributed by atoms with Crippen LogP contribution in [0.3, 0.4) is 0 Å². The van der Waals surface area contributed by atoms with Gasteiger partial charge in [-0.2, -0.15) is 13.2 Å². The molecule has 138 valence electrons. The Kier molecular flexibility index (Phi) is 5.91. The minimum absolute atomic E-state index is 0.137. The fourth-order valence-electron chi connectivity index (χ4n) is 2.02. The normalized spacial score (nSPS) is 11.1. The van der Waals surface area contributed by atoms with E-state index < -0.39 is 35.2 Å². The lowest BCUT2D eigenvalue weighted by molar-refractivity contribution is -0.137. The van der Waals surface area contributed by atoms with Gasteiger partial charge in [0.2, 0.25) is 5.91 Å². The second kappa shape index (κ2) is 7.94. The summed E-state index contributed by atoms with van der Waals surface area (Å²) in [7, 11) is 0. The fourth-order valence-corrected chi connectivity index (χ4v) is 2.02. The highest BCUT2D eigenvalue weighted by Crippen LogP contribution is 2.29. The molecule has 0 spiro atoms. The van der Waals surface area contributed by atoms with E-state index in [0.29, 0.717) is 6.07 Å². The second-order valence-corrected chi connectivity index (χ2v) is 5.25. The first-order valence-corrected chi connectivity index (χ1v) is 7.37. The van der Waals surface area contributed by atoms with Gasteiger partial charge in [-0.3, -0.25) is 9.59 Å². The van der Waals surface area contributed by atoms with Crippen LogP contribution in [0, 0.1) is 11.6 Å². The van der Waals surface area contributed by atoms with E-state index in [1.807, 2.05) is 0 Å². The molecule has 0 saturated carbocycles. The summed E-state index contributed by atoms with van der Waals surface area (Å²) in [6, 6.07) is 6.33. The lowest BCUT2D eigenvalue weighted by atomic mass is 10.2. The third-order valence-corrected chi connectivity index (χ3v) is 3.31. The molecule has 0 unspecified atom stereocenters. The highest BCUT2D eigenvalue weighted by atomic mass is 19.4. The van der Waals surface area contributed by atoms with Crippen LogP contribution in [-0.2, 0) is 11.0 Å². The summed E-state index contributed by atoms with van der Waals surface area (Å²) in [6.45, 7) is -0.137. The van der Waals surface area contributed by atoms with Gasteiger partial charge in [-0.25, -0.2) is 8.78 Å². The number of rotatable bonds is 5. The van der Waals surface area contributed by atoms with Crippen molar-refractivity contribution in [2.24, 2.45) is 0 Å². The molecule has 9 heteroatoms. The van der Waals surface area contributed by atoms with Crippen LogP contribution in [0.25, 0.3) is 0 Å². The SMILES string of the molecule is O=C(CCNC(=O)c1ccc(F)cc1F)Nc1ccc(C(F)(F)F)cc1. The van der Waals surface area contributed by atoms with Crippen LogP contribution in [-0.4, -0.2) is 18.4 Å². The Balaban J connectivity index is 1.82. The number of anilines is 1. The van der Waals surface area contributed by atoms with Gasteiger partial charge in [-0.15, -0.1) is 0 Å². The zero-order chi connectivity index (χ0) is 19.3. The summed E-state index contributed by atoms with van der Waals surface area (Å²) in [5, 5.41) is 4.67. The predicted octanol–water partition coefficient (Wildman–Crippen LogP) is 3.74. The van der Waals surface area contributed by atoms with E-state index in [1.54, 1.807) is 0 Å². The highest BCUT2D eigenvalue weighted by molar-refractivity contribution is 5.95. The van der Waals surface area contributed by atoms with Crippen LogP contribution in [0.4, 0.5) is 27.6 Å². The number of amides is 2. The number of alkyl halides is 3. The molecule has 2 aromatic carbocycles. The first-order chi connectivity index (χ1) is 12.2. The summed E-state index contributed by atoms with van der Waals surface area (Å²) < 4.78 is 63.5. The fraction of sp³-hybridized carbons (Fsp3) is 0.176. The Morgan fingerprint density at radius 1 is 0.962 bits per heavy atom. The van der Waals surface area contributed by atoms with E-state index in [9.17, 15) is 31.5 Å². The molecule has 2 aromatic rings. The highest BCUT2D eigenvalue weighted by Gasteiger charge is 2.29. The lowest BCUT2D eigenvalue weighted by Gasteiger charge is -2.09. The third-order valence-electron chi connectivity index (χ3n) is 3.31. The molecule has 0 aromatic heterocycles. The zero-order valence-corrected chi connectivity index (χ0v) is 13.2. The van der Waals surface area contributed by atoms with Crippen LogP contribution < -0.4 is 10.6 Å². The molecule has 0 aliphatic carbocycles. The number of benzene rings is 2. The summed E-state index contributed by atoms with van der Waals surface area (Å²) >= 11 is 0. The van der Waals surface area contributed by atoms with Crippen LogP contribution in [0.2, 0.25) is 0 Å². The number of nitrogens with one attached hydrogen (secondary N) is 2. The first kappa shape index (κ1) is 19.4. The molecule has 4 nitrogen and oxygen atoms in total. The summed E-state index contributed by atoms with van der Waals surface area (Å²) in [6.07, 6.45) is -4.65. The zero-order valence-electron chi connectivity index (χ0n) is 13.2. The monoisotopic (exact) mass is 372 g/mol. The van der Waals surface area contributed by atoms with Gasteiger partial charge in [0.15, 0.2) is 0 Å². The van der Waals surface area contributed by atoms with Crippen LogP contribution >= 0.6 is 0 Å². The van der Waals surface area contributed by atoms with Crippen molar-refractivity contribution in [1.82, 2.24) is 5.32 Å². The van der Waals surface area contributed by atoms with E-state index in [-0.39, 0.29) is 24.2 Å². The largest absolute Gasteiger partial charge is 0.416 e. The van der Waals surface area contributed by atoms with E-state index >= 15 is 0 Å². The van der Waals surface area contributed by atoms with Crippen molar-refractivity contribution in [2.45, 2.75) is 12.6 Å². The van der Waals surface area contributed by atoms with Crippen molar-refractivity contribution in [1.29, 1.82) is 0 Å². The molecule has 2 N–H and O–H groups in total. The number of carbonyl (C=O) groups is 2. The Morgan fingerprint density at radius 3 is 2.19 bits per heavy atom. The van der Waals surface area contributed by atoms with Crippen molar-refractivity contribution in [2.75, 3.05) is 11.9 Å². The van der Waals surface area contributed by atoms with Crippen LogP contribution in [0.1, 0.15) is 22.3 Å². The molecular weight excluding hydrogens is 359 g/mol. The van der Waals surface area contributed by atoms with Gasteiger partial charge < -0.3 is 10.6 Å². The van der Waals surface area contributed by atoms with Crippen molar-refractivity contribution in [3.63, 3.8) is 0 Å². The Morgan fingerprint density at radius 2 is 1.62 bits per heavy atom. The standard InChI is InChI=1S/C17H13F5N2O2/c18-11-3-6-13(14(19)9-11)16(26)23-8-7-15(25)24-12-4-1-10(2-5-12)17(20,21)22/h1-6,9H,7-8H2,(H,23,26)(H,24,25). The van der Waals surface area contributed by atoms with E-state index in [0.717, 1.165) is 36.4 Å². The molecule has 2 amide bonds. The second-order valence-electron chi connectivity index (χ2n) is 5.25. The van der Waals surface area contributed by atoms with Gasteiger partial charge in [-0.05, 0) is 36.4 Å². The van der Waals surface area contributed by atoms with E-state index in [4.69, 9.17) is 0 Å². The first-order valence-electron chi connectivity index (χ1n) is 7.37. The maximum absolute atomic E-state index is 13.4. The Bertz CT molecular complexity index is 804. The van der Waals surface area contributed by atoms with Crippen molar-refractivity contribution < 1.29 is 31.5 Å². The Hall–Kier alpha value is -2.97. The molecular formula is C17H13F5N2O2. The third kappa shape index (κ3) is 5.27. The van der Waals surface area contributed by atoms with Gasteiger partial charge in [0.1, 0.15) is 11.6 Å². The van der Waals surface area contributed by atoms with E-state index in [1.165, 1.54) is 0 Å². The maximum Gasteiger partial charge on any atom is 0.416 e. The molecule has 0 bridgehead atoms. The molecule has 0 saturated heterocycles. The van der Waals surface area contributed by atoms with Crippen LogP contribution in [0.15, 0.2) is 42.5 Å². The lowest BCUT2D eigenvalue weighted by Crippen LogP contribution is -2.28. The van der Waals surface area contributed by atoms with Crippen LogP contribution in [0.5, 0.6) is 0 Å². The van der Waals surface area contributed by atoms with E-state index in [2.05, 4.69) is 10.6 Å². The molecule has 0 heterocycles. The van der Waals surface area contributed by atoms with Gasteiger partial charge in [-0.1, -0.05) is 0 Å². The van der Waals surface area contributed by atoms with Gasteiger partial charge in [0.25, 0.3) is 5.91 Å². The van der Waals surface area contributed by atoms with Crippen molar-refractivity contribution in [3.05, 3.63) is 65.2 Å². The van der Waals surface area contributed by atoms with Gasteiger partial charge in [0.05, 0.1) is 11.1 Å². The van der Waals surface area contributed by atoms with Crippen molar-refractivity contribution >= 4 is 17.5 Å². The molecule has 0 atom stereocenters. The average Bonchev–Trinajstić information content (AvgIpc) is 2.54. The molecule has 0 aliphatic rings. The maximum atomic E-state index is 13.4. The smallest absolute Gasteiger partial charge is 0.351 e. The quantitative estimate of drug-likeness (QED) is 0.786. The van der Waals surface area contributed by atoms with Crippen molar-refractivity contribution in [3.8, 4) is 0 Å². The molecule has 0 fully saturated rings. The molecule has 0 aliphatic heterocycles. The summed E-state index contributed by atoms with van der Waals surface area (Å²) in [5.74, 6) is -3.22. The minimum atomic E-state index is -4.47. The Labute approximate surface area is 145 Å². The number of carbonyl (C=O) groups excluding carboxylic acids is 2. The number of hydrogen-bond donors (Lipinski definition) is 2. The van der Waals surface area contributed by atoms with Gasteiger partial charge in [0, 0.05) is 24.7 Å². The topological polar surface area (TPSA) is 58.2 Å². The van der Waals surface area contributed by atoms with Gasteiger partial charge >= 0.3 is 6.18 Å². The average molecular weight is 372 g/mol. The molecule has 26 heavy (non-hydrogen) atoms.